The molecule has 0 N–H and O–H groups in total. The van der Waals surface area contributed by atoms with E-state index >= 15 is 0 Å². The van der Waals surface area contributed by atoms with E-state index in [0.29, 0.717) is 19.3 Å². The molecule has 0 aliphatic rings. The molecular formula is C59H102O6. The Labute approximate surface area is 402 Å². The molecule has 0 aliphatic carbocycles. The van der Waals surface area contributed by atoms with Gasteiger partial charge in [-0.2, -0.15) is 0 Å². The molecule has 1 unspecified atom stereocenters. The highest BCUT2D eigenvalue weighted by Crippen LogP contribution is 2.15. The zero-order chi connectivity index (χ0) is 47.2. The Kier molecular flexibility index (Phi) is 50.9. The molecule has 0 fully saturated rings. The lowest BCUT2D eigenvalue weighted by molar-refractivity contribution is -0.167. The van der Waals surface area contributed by atoms with Crippen molar-refractivity contribution in [1.29, 1.82) is 0 Å². The van der Waals surface area contributed by atoms with E-state index in [1.807, 2.05) is 0 Å². The molecule has 0 aliphatic heterocycles. The van der Waals surface area contributed by atoms with E-state index in [1.165, 1.54) is 109 Å². The fraction of sp³-hybridized carbons (Fsp3) is 0.746. The maximum atomic E-state index is 12.8. The third-order valence-corrected chi connectivity index (χ3v) is 11.7. The minimum absolute atomic E-state index is 0.0803. The van der Waals surface area contributed by atoms with Gasteiger partial charge in [0.2, 0.25) is 0 Å². The van der Waals surface area contributed by atoms with Crippen LogP contribution in [0.2, 0.25) is 0 Å². The Hall–Kier alpha value is -3.15. The second-order valence-corrected chi connectivity index (χ2v) is 18.1. The van der Waals surface area contributed by atoms with Crippen LogP contribution >= 0.6 is 0 Å². The van der Waals surface area contributed by atoms with Crippen LogP contribution in [0.4, 0.5) is 0 Å². The van der Waals surface area contributed by atoms with Gasteiger partial charge in [0.15, 0.2) is 6.10 Å². The summed E-state index contributed by atoms with van der Waals surface area (Å²) in [6.07, 6.45) is 67.5. The summed E-state index contributed by atoms with van der Waals surface area (Å²) in [5.74, 6) is -0.895. The molecule has 0 spiro atoms. The second-order valence-electron chi connectivity index (χ2n) is 18.1. The largest absolute Gasteiger partial charge is 0.462 e. The Morgan fingerprint density at radius 2 is 0.631 bits per heavy atom. The van der Waals surface area contributed by atoms with E-state index in [0.717, 1.165) is 116 Å². The third kappa shape index (κ3) is 51.7. The first-order valence-electron chi connectivity index (χ1n) is 27.4. The first-order chi connectivity index (χ1) is 32.0. The first kappa shape index (κ1) is 61.9. The summed E-state index contributed by atoms with van der Waals surface area (Å²) in [7, 11) is 0. The number of carbonyl (C=O) groups is 3. The monoisotopic (exact) mass is 907 g/mol. The summed E-state index contributed by atoms with van der Waals surface area (Å²) in [5.41, 5.74) is 0. The van der Waals surface area contributed by atoms with Crippen molar-refractivity contribution in [2.24, 2.45) is 0 Å². The molecule has 0 aromatic heterocycles. The molecule has 0 saturated heterocycles. The summed E-state index contributed by atoms with van der Waals surface area (Å²) in [6, 6.07) is 0. The summed E-state index contributed by atoms with van der Waals surface area (Å²) in [6.45, 7) is 6.45. The van der Waals surface area contributed by atoms with E-state index in [9.17, 15) is 14.4 Å². The quantitative estimate of drug-likeness (QED) is 0.0262. The molecule has 0 rings (SSSR count). The highest BCUT2D eigenvalue weighted by atomic mass is 16.6. The van der Waals surface area contributed by atoms with Crippen LogP contribution in [-0.2, 0) is 28.6 Å². The SMILES string of the molecule is CC/C=C\C/C=C\C/C=C\C/C=C\CCCCCCCCCCCCC(=O)OCC(COC(=O)CCCCCCCCCCCCC)OC(=O)CCCCCCC/C=C\C/C=C\CCC. The van der Waals surface area contributed by atoms with Crippen LogP contribution in [0, 0.1) is 0 Å². The van der Waals surface area contributed by atoms with Gasteiger partial charge in [0.25, 0.3) is 0 Å². The van der Waals surface area contributed by atoms with E-state index in [4.69, 9.17) is 14.2 Å². The Morgan fingerprint density at radius 3 is 1.00 bits per heavy atom. The zero-order valence-corrected chi connectivity index (χ0v) is 42.7. The maximum absolute atomic E-state index is 12.8. The number of unbranched alkanes of at least 4 members (excludes halogenated alkanes) is 26. The van der Waals surface area contributed by atoms with Crippen molar-refractivity contribution in [2.45, 2.75) is 271 Å². The minimum Gasteiger partial charge on any atom is -0.462 e. The molecule has 6 heteroatoms. The lowest BCUT2D eigenvalue weighted by atomic mass is 10.1. The molecule has 65 heavy (non-hydrogen) atoms. The Morgan fingerprint density at radius 1 is 0.323 bits per heavy atom. The summed E-state index contributed by atoms with van der Waals surface area (Å²) >= 11 is 0. The smallest absolute Gasteiger partial charge is 0.306 e. The number of rotatable bonds is 49. The maximum Gasteiger partial charge on any atom is 0.306 e. The molecule has 0 saturated carbocycles. The fourth-order valence-electron chi connectivity index (χ4n) is 7.59. The van der Waals surface area contributed by atoms with Crippen LogP contribution in [0.3, 0.4) is 0 Å². The lowest BCUT2D eigenvalue weighted by Crippen LogP contribution is -2.30. The van der Waals surface area contributed by atoms with Crippen molar-refractivity contribution in [2.75, 3.05) is 13.2 Å². The number of ether oxygens (including phenoxy) is 3. The Bertz CT molecular complexity index is 1230. The summed E-state index contributed by atoms with van der Waals surface area (Å²) in [4.78, 5) is 38.0. The summed E-state index contributed by atoms with van der Waals surface area (Å²) in [5, 5.41) is 0. The van der Waals surface area contributed by atoms with Crippen LogP contribution in [-0.4, -0.2) is 37.2 Å². The topological polar surface area (TPSA) is 78.9 Å². The number of hydrogen-bond acceptors (Lipinski definition) is 6. The first-order valence-corrected chi connectivity index (χ1v) is 27.4. The normalized spacial score (nSPS) is 12.6. The molecule has 0 bridgehead atoms. The van der Waals surface area contributed by atoms with Gasteiger partial charge in [0.1, 0.15) is 13.2 Å². The van der Waals surface area contributed by atoms with Crippen LogP contribution in [0.5, 0.6) is 0 Å². The number of hydrogen-bond donors (Lipinski definition) is 0. The van der Waals surface area contributed by atoms with Crippen molar-refractivity contribution in [3.05, 3.63) is 72.9 Å². The summed E-state index contributed by atoms with van der Waals surface area (Å²) < 4.78 is 16.8. The van der Waals surface area contributed by atoms with E-state index in [1.54, 1.807) is 0 Å². The zero-order valence-electron chi connectivity index (χ0n) is 42.7. The van der Waals surface area contributed by atoms with Crippen molar-refractivity contribution in [1.82, 2.24) is 0 Å². The number of allylic oxidation sites excluding steroid dienone is 12. The van der Waals surface area contributed by atoms with Crippen molar-refractivity contribution < 1.29 is 28.6 Å². The molecule has 0 amide bonds. The van der Waals surface area contributed by atoms with Gasteiger partial charge in [0, 0.05) is 19.3 Å². The molecular weight excluding hydrogens is 805 g/mol. The minimum atomic E-state index is -0.781. The average Bonchev–Trinajstić information content (AvgIpc) is 3.30. The van der Waals surface area contributed by atoms with E-state index in [2.05, 4.69) is 93.7 Å². The van der Waals surface area contributed by atoms with Gasteiger partial charge >= 0.3 is 17.9 Å². The van der Waals surface area contributed by atoms with E-state index < -0.39 is 6.10 Å². The second kappa shape index (κ2) is 53.5. The van der Waals surface area contributed by atoms with Gasteiger partial charge in [-0.25, -0.2) is 0 Å². The lowest BCUT2D eigenvalue weighted by Gasteiger charge is -2.18. The highest BCUT2D eigenvalue weighted by molar-refractivity contribution is 5.71. The van der Waals surface area contributed by atoms with Crippen LogP contribution in [0.25, 0.3) is 0 Å². The van der Waals surface area contributed by atoms with Crippen molar-refractivity contribution in [3.8, 4) is 0 Å². The van der Waals surface area contributed by atoms with Gasteiger partial charge in [-0.15, -0.1) is 0 Å². The van der Waals surface area contributed by atoms with Crippen LogP contribution < -0.4 is 0 Å². The van der Waals surface area contributed by atoms with E-state index in [-0.39, 0.29) is 31.1 Å². The highest BCUT2D eigenvalue weighted by Gasteiger charge is 2.19. The van der Waals surface area contributed by atoms with Gasteiger partial charge in [0.05, 0.1) is 0 Å². The predicted octanol–water partition coefficient (Wildman–Crippen LogP) is 18.2. The Balaban J connectivity index is 4.28. The van der Waals surface area contributed by atoms with Crippen molar-refractivity contribution >= 4 is 17.9 Å². The predicted molar refractivity (Wildman–Crippen MR) is 279 cm³/mol. The number of carbonyl (C=O) groups excluding carboxylic acids is 3. The third-order valence-electron chi connectivity index (χ3n) is 11.7. The standard InChI is InChI=1S/C59H102O6/c1-4-7-10-13-16-19-22-24-25-26-27-28-29-30-31-32-33-35-37-40-43-46-49-52-58(61)64-55-56(54-63-57(60)51-48-45-42-39-36-21-18-15-12-9-6-3)65-59(62)53-50-47-44-41-38-34-23-20-17-14-11-8-5-2/h7,10-11,14,16,19-20,23-25,27-28,56H,4-6,8-9,12-13,15,17-18,21-22,26,29-55H2,1-3H3/b10-7-,14-11-,19-16-,23-20-,25-24-,28-27-. The molecule has 6 nitrogen and oxygen atoms in total. The van der Waals surface area contributed by atoms with Gasteiger partial charge in [-0.1, -0.05) is 235 Å². The number of esters is 3. The van der Waals surface area contributed by atoms with Gasteiger partial charge < -0.3 is 14.2 Å². The van der Waals surface area contributed by atoms with Gasteiger partial charge in [-0.05, 0) is 83.5 Å². The van der Waals surface area contributed by atoms with Gasteiger partial charge in [-0.3, -0.25) is 14.4 Å². The molecule has 0 radical (unpaired) electrons. The fourth-order valence-corrected chi connectivity index (χ4v) is 7.59. The molecule has 0 aromatic rings. The molecule has 374 valence electrons. The van der Waals surface area contributed by atoms with Crippen LogP contribution in [0.15, 0.2) is 72.9 Å². The molecule has 0 aromatic carbocycles. The average molecular weight is 907 g/mol. The molecule has 1 atom stereocenters. The molecule has 0 heterocycles. The van der Waals surface area contributed by atoms with Crippen molar-refractivity contribution in [3.63, 3.8) is 0 Å². The van der Waals surface area contributed by atoms with Crippen LogP contribution in [0.1, 0.15) is 265 Å².